The molecule has 27 heavy (non-hydrogen) atoms. The zero-order valence-corrected chi connectivity index (χ0v) is 15.5. The van der Waals surface area contributed by atoms with E-state index in [2.05, 4.69) is 0 Å². The van der Waals surface area contributed by atoms with Gasteiger partial charge in [0.1, 0.15) is 11.3 Å². The average Bonchev–Trinajstić information content (AvgIpc) is 2.69. The maximum absolute atomic E-state index is 13.2. The van der Waals surface area contributed by atoms with Crippen molar-refractivity contribution in [1.82, 2.24) is 0 Å². The molecule has 0 aromatic heterocycles. The molecule has 1 atom stereocenters. The molecule has 6 heteroatoms. The Morgan fingerprint density at radius 2 is 1.96 bits per heavy atom. The van der Waals surface area contributed by atoms with Crippen molar-refractivity contribution in [3.63, 3.8) is 0 Å². The molecule has 1 amide bonds. The smallest absolute Gasteiger partial charge is 0.266 e. The third-order valence-corrected chi connectivity index (χ3v) is 4.29. The highest BCUT2D eigenvalue weighted by Gasteiger charge is 2.33. The molecule has 1 aliphatic rings. The van der Waals surface area contributed by atoms with Crippen LogP contribution in [0.15, 0.2) is 36.4 Å². The normalized spacial score (nSPS) is 14.5. The molecule has 3 rings (SSSR count). The number of anilines is 1. The van der Waals surface area contributed by atoms with Gasteiger partial charge in [-0.15, -0.1) is 0 Å². The number of β-amino-alcohol motifs (C(OH)–C–C–N with tert-alkyl or cyclic N) is 1. The number of hydrogen-bond donors (Lipinski definition) is 1. The number of hydrogen-bond acceptors (Lipinski definition) is 4. The predicted octanol–water partition coefficient (Wildman–Crippen LogP) is 4.25. The molecule has 1 N–H and O–H groups in total. The number of nitrogens with zero attached hydrogens (tertiary/aromatic N) is 2. The second-order valence-corrected chi connectivity index (χ2v) is 7.86. The van der Waals surface area contributed by atoms with Crippen LogP contribution in [-0.2, 0) is 5.11 Å². The van der Waals surface area contributed by atoms with Crippen molar-refractivity contribution in [3.8, 4) is 23.3 Å². The Balaban J connectivity index is 2.10. The molecule has 139 valence electrons. The molecule has 0 saturated heterocycles. The third-order valence-electron chi connectivity index (χ3n) is 4.29. The number of rotatable bonds is 3. The minimum Gasteiger partial charge on any atom is -0.454 e. The van der Waals surface area contributed by atoms with Gasteiger partial charge in [-0.3, -0.25) is 9.90 Å². The predicted molar refractivity (Wildman–Crippen MR) is 99.6 cm³/mol. The summed E-state index contributed by atoms with van der Waals surface area (Å²) < 4.78 is 5.81. The van der Waals surface area contributed by atoms with Crippen LogP contribution in [0.5, 0.6) is 17.2 Å². The van der Waals surface area contributed by atoms with E-state index >= 15 is 0 Å². The first-order valence-electron chi connectivity index (χ1n) is 8.71. The summed E-state index contributed by atoms with van der Waals surface area (Å²) in [6.45, 7) is 5.98. The number of aliphatic hydroxyl groups is 1. The van der Waals surface area contributed by atoms with Crippen molar-refractivity contribution in [2.45, 2.75) is 33.3 Å². The number of amides is 1. The Labute approximate surface area is 158 Å². The van der Waals surface area contributed by atoms with Crippen molar-refractivity contribution in [3.05, 3.63) is 47.5 Å². The molecule has 0 unspecified atom stereocenters. The number of benzene rings is 2. The monoisotopic (exact) mass is 365 g/mol. The molecule has 1 radical (unpaired) electrons. The van der Waals surface area contributed by atoms with Gasteiger partial charge >= 0.3 is 0 Å². The minimum absolute atomic E-state index is 0.00484. The average molecular weight is 365 g/mol. The second-order valence-electron chi connectivity index (χ2n) is 7.86. The fourth-order valence-electron chi connectivity index (χ4n) is 3.22. The molecule has 0 spiro atoms. The molecule has 0 bridgehead atoms. The zero-order chi connectivity index (χ0) is 19.8. The van der Waals surface area contributed by atoms with Gasteiger partial charge in [0.25, 0.3) is 5.91 Å². The van der Waals surface area contributed by atoms with Gasteiger partial charge in [0.05, 0.1) is 30.0 Å². The first-order chi connectivity index (χ1) is 12.7. The van der Waals surface area contributed by atoms with Gasteiger partial charge < -0.3 is 14.7 Å². The van der Waals surface area contributed by atoms with Crippen LogP contribution in [0.25, 0.3) is 0 Å². The lowest BCUT2D eigenvalue weighted by atomic mass is 9.89. The van der Waals surface area contributed by atoms with E-state index in [4.69, 9.17) is 4.74 Å². The molecule has 2 aromatic rings. The summed E-state index contributed by atoms with van der Waals surface area (Å²) in [5.74, 6) is -0.459. The number of nitriles is 1. The van der Waals surface area contributed by atoms with Crippen LogP contribution < -0.4 is 9.64 Å². The van der Waals surface area contributed by atoms with E-state index in [-0.39, 0.29) is 23.3 Å². The number of carbonyl (C=O) groups is 1. The van der Waals surface area contributed by atoms with Gasteiger partial charge in [-0.25, -0.2) is 0 Å². The quantitative estimate of drug-likeness (QED) is 0.880. The van der Waals surface area contributed by atoms with Gasteiger partial charge in [-0.05, 0) is 42.2 Å². The van der Waals surface area contributed by atoms with Crippen LogP contribution in [0.2, 0.25) is 0 Å². The van der Waals surface area contributed by atoms with Crippen molar-refractivity contribution >= 4 is 11.6 Å². The van der Waals surface area contributed by atoms with E-state index in [9.17, 15) is 20.3 Å². The first kappa shape index (κ1) is 18.7. The van der Waals surface area contributed by atoms with Crippen molar-refractivity contribution < 1.29 is 19.7 Å². The Bertz CT molecular complexity index is 925. The van der Waals surface area contributed by atoms with Crippen molar-refractivity contribution in [1.29, 1.82) is 5.26 Å². The van der Waals surface area contributed by atoms with Gasteiger partial charge in [-0.2, -0.15) is 5.26 Å². The maximum Gasteiger partial charge on any atom is 0.266 e. The van der Waals surface area contributed by atoms with E-state index in [1.54, 1.807) is 18.2 Å². The summed E-state index contributed by atoms with van der Waals surface area (Å²) in [5.41, 5.74) is 0.510. The molecule has 0 aliphatic carbocycles. The number of aliphatic hydroxyl groups excluding tert-OH is 1. The second kappa shape index (κ2) is 6.93. The van der Waals surface area contributed by atoms with Gasteiger partial charge in [0, 0.05) is 0 Å². The van der Waals surface area contributed by atoms with Crippen LogP contribution in [0.3, 0.4) is 0 Å². The standard InChI is InChI=1S/C21H21N2O4/c1-21(2,3)10-14(24)12-23-15-9-13(11-22)7-8-17(15)27-18-6-4-5-16(25)19(18)20(23)26/h4-9,14,24H,10,12H2,1-3H3/t14-/m1/s1. The van der Waals surface area contributed by atoms with Crippen LogP contribution in [0.4, 0.5) is 5.69 Å². The Morgan fingerprint density at radius 1 is 1.22 bits per heavy atom. The lowest BCUT2D eigenvalue weighted by Crippen LogP contribution is -2.38. The minimum atomic E-state index is -0.798. The number of fused-ring (bicyclic) bond motifs is 2. The molecule has 1 aliphatic heterocycles. The third kappa shape index (κ3) is 3.88. The number of carbonyl (C=O) groups excluding carboxylic acids is 1. The van der Waals surface area contributed by atoms with Crippen LogP contribution >= 0.6 is 0 Å². The Morgan fingerprint density at radius 3 is 2.63 bits per heavy atom. The van der Waals surface area contributed by atoms with Crippen LogP contribution in [0.1, 0.15) is 43.1 Å². The highest BCUT2D eigenvalue weighted by molar-refractivity contribution is 6.11. The fraction of sp³-hybridized carbons (Fsp3) is 0.333. The van der Waals surface area contributed by atoms with E-state index in [0.717, 1.165) is 0 Å². The lowest BCUT2D eigenvalue weighted by Gasteiger charge is -2.28. The highest BCUT2D eigenvalue weighted by atomic mass is 16.5. The molecule has 2 aromatic carbocycles. The molecule has 6 nitrogen and oxygen atoms in total. The topological polar surface area (TPSA) is 93.5 Å². The van der Waals surface area contributed by atoms with Crippen molar-refractivity contribution in [2.24, 2.45) is 5.41 Å². The van der Waals surface area contributed by atoms with Gasteiger partial charge in [-0.1, -0.05) is 26.8 Å². The highest BCUT2D eigenvalue weighted by Crippen LogP contribution is 2.42. The first-order valence-corrected chi connectivity index (χ1v) is 8.71. The molecular formula is C21H21N2O4. The van der Waals surface area contributed by atoms with E-state index < -0.39 is 17.8 Å². The van der Waals surface area contributed by atoms with Gasteiger partial charge in [0.2, 0.25) is 0 Å². The summed E-state index contributed by atoms with van der Waals surface area (Å²) in [7, 11) is 0. The van der Waals surface area contributed by atoms with E-state index in [0.29, 0.717) is 23.4 Å². The summed E-state index contributed by atoms with van der Waals surface area (Å²) in [6, 6.07) is 11.1. The molecular weight excluding hydrogens is 344 g/mol. The summed E-state index contributed by atoms with van der Waals surface area (Å²) in [4.78, 5) is 14.5. The van der Waals surface area contributed by atoms with Crippen LogP contribution in [0, 0.1) is 16.7 Å². The van der Waals surface area contributed by atoms with Gasteiger partial charge in [0.15, 0.2) is 11.5 Å². The maximum atomic E-state index is 13.2. The molecule has 1 heterocycles. The fourth-order valence-corrected chi connectivity index (χ4v) is 3.22. The zero-order valence-electron chi connectivity index (χ0n) is 15.5. The number of ether oxygens (including phenoxy) is 1. The largest absolute Gasteiger partial charge is 0.454 e. The Hall–Kier alpha value is -3.04. The summed E-state index contributed by atoms with van der Waals surface area (Å²) in [5, 5.41) is 32.1. The van der Waals surface area contributed by atoms with E-state index in [1.807, 2.05) is 26.8 Å². The molecule has 0 saturated carbocycles. The van der Waals surface area contributed by atoms with Crippen LogP contribution in [-0.4, -0.2) is 23.7 Å². The summed E-state index contributed by atoms with van der Waals surface area (Å²) in [6.07, 6.45) is -0.329. The molecule has 0 fully saturated rings. The SMILES string of the molecule is CC(C)(C)C[C@@H](O)CN1C(=O)c2c([O])cccc2Oc2ccc(C#N)cc21. The lowest BCUT2D eigenvalue weighted by molar-refractivity contribution is 0.0924. The van der Waals surface area contributed by atoms with E-state index in [1.165, 1.54) is 23.1 Å². The summed E-state index contributed by atoms with van der Waals surface area (Å²) >= 11 is 0. The van der Waals surface area contributed by atoms with Crippen molar-refractivity contribution in [2.75, 3.05) is 11.4 Å². The Kier molecular flexibility index (Phi) is 4.81.